The Kier molecular flexibility index (Phi) is 9.35. The number of rotatable bonds is 10. The first-order chi connectivity index (χ1) is 23.2. The Hall–Kier alpha value is -4.60. The van der Waals surface area contributed by atoms with Crippen molar-refractivity contribution in [1.29, 1.82) is 0 Å². The summed E-state index contributed by atoms with van der Waals surface area (Å²) < 4.78 is 17.0. The van der Waals surface area contributed by atoms with Crippen LogP contribution in [0.15, 0.2) is 28.8 Å². The van der Waals surface area contributed by atoms with Crippen LogP contribution >= 0.6 is 0 Å². The van der Waals surface area contributed by atoms with Crippen molar-refractivity contribution in [3.63, 3.8) is 0 Å². The first kappa shape index (κ1) is 34.3. The van der Waals surface area contributed by atoms with E-state index in [4.69, 9.17) is 37.5 Å². The molecule has 3 N–H and O–H groups in total. The lowest BCUT2D eigenvalue weighted by molar-refractivity contribution is -0.117. The predicted molar refractivity (Wildman–Crippen MR) is 180 cm³/mol. The molecule has 0 bridgehead atoms. The lowest BCUT2D eigenvalue weighted by Crippen LogP contribution is -2.50. The van der Waals surface area contributed by atoms with Crippen LogP contribution in [0.3, 0.4) is 0 Å². The number of benzene rings is 1. The standard InChI is InChI=1S/C31H36B3N9O6/c1-30(2,3)48-29(46)43-13-17-11-42(12-18(17)14-43)15-23-37-28(49-41-23)19-6-5-7-20(25(19)47-4)35-21-10-22(36-26(44)16-8-9-16)39-40-24(21)27(45)38-31(32,33)34/h5-7,10,16-18H,8-9,11-15H2,1-4H3,(H,38,45)(H2,35,36,39,44). The molecule has 250 valence electrons. The zero-order chi connectivity index (χ0) is 35.1. The first-order valence-electron chi connectivity index (χ1n) is 16.0. The van der Waals surface area contributed by atoms with Crippen molar-refractivity contribution in [1.82, 2.24) is 35.5 Å². The molecule has 4 heterocycles. The molecule has 1 aromatic carbocycles. The van der Waals surface area contributed by atoms with Gasteiger partial charge in [0.1, 0.15) is 5.60 Å². The molecule has 3 amide bonds. The van der Waals surface area contributed by atoms with Crippen molar-refractivity contribution in [2.45, 2.75) is 51.0 Å². The van der Waals surface area contributed by atoms with Crippen LogP contribution in [-0.4, -0.2) is 116 Å². The third kappa shape index (κ3) is 8.35. The number of nitrogens with one attached hydrogen (secondary N) is 3. The summed E-state index contributed by atoms with van der Waals surface area (Å²) in [5.41, 5.74) is 0.359. The number of likely N-dealkylation sites (tertiary alicyclic amines) is 2. The topological polar surface area (TPSA) is 177 Å². The monoisotopic (exact) mass is 663 g/mol. The number of hydrogen-bond acceptors (Lipinski definition) is 12. The molecule has 2 atom stereocenters. The number of amides is 3. The molecule has 0 spiro atoms. The maximum atomic E-state index is 13.0. The average Bonchev–Trinajstić information content (AvgIpc) is 3.46. The van der Waals surface area contributed by atoms with Gasteiger partial charge in [0.25, 0.3) is 11.8 Å². The van der Waals surface area contributed by atoms with Gasteiger partial charge in [0.2, 0.25) is 5.91 Å². The molecule has 49 heavy (non-hydrogen) atoms. The lowest BCUT2D eigenvalue weighted by atomic mass is 9.49. The summed E-state index contributed by atoms with van der Waals surface area (Å²) in [7, 11) is 18.2. The molecule has 3 aromatic rings. The number of hydrogen-bond donors (Lipinski definition) is 3. The van der Waals surface area contributed by atoms with E-state index in [9.17, 15) is 14.4 Å². The zero-order valence-electron chi connectivity index (χ0n) is 27.9. The Morgan fingerprint density at radius 3 is 2.37 bits per heavy atom. The quantitative estimate of drug-likeness (QED) is 0.269. The second kappa shape index (κ2) is 13.4. The van der Waals surface area contributed by atoms with E-state index in [1.807, 2.05) is 20.8 Å². The van der Waals surface area contributed by atoms with Crippen LogP contribution in [0.4, 0.5) is 22.0 Å². The van der Waals surface area contributed by atoms with Crippen molar-refractivity contribution in [2.24, 2.45) is 17.8 Å². The number of para-hydroxylation sites is 1. The SMILES string of the molecule is [B]C([B])([B])NC(=O)c1nnc(NC(=O)C2CC2)cc1Nc1cccc(-c2nc(CN3CC4CN(C(=O)OC(C)(C)C)CC4C3)no2)c1OC. The second-order valence-corrected chi connectivity index (χ2v) is 13.8. The third-order valence-corrected chi connectivity index (χ3v) is 8.30. The van der Waals surface area contributed by atoms with Crippen LogP contribution in [-0.2, 0) is 16.1 Å². The van der Waals surface area contributed by atoms with Gasteiger partial charge < -0.3 is 34.8 Å². The van der Waals surface area contributed by atoms with Crippen LogP contribution in [0.25, 0.3) is 11.5 Å². The largest absolute Gasteiger partial charge is 0.494 e. The first-order valence-corrected chi connectivity index (χ1v) is 16.0. The van der Waals surface area contributed by atoms with Gasteiger partial charge in [0.15, 0.2) is 23.1 Å². The summed E-state index contributed by atoms with van der Waals surface area (Å²) in [5, 5.41) is 18.3. The highest BCUT2D eigenvalue weighted by atomic mass is 16.6. The van der Waals surface area contributed by atoms with Gasteiger partial charge in [0.05, 0.1) is 54.1 Å². The van der Waals surface area contributed by atoms with E-state index in [1.54, 1.807) is 23.1 Å². The molecule has 2 saturated heterocycles. The van der Waals surface area contributed by atoms with E-state index in [-0.39, 0.29) is 41.0 Å². The van der Waals surface area contributed by atoms with Crippen LogP contribution < -0.4 is 20.7 Å². The number of fused-ring (bicyclic) bond motifs is 1. The van der Waals surface area contributed by atoms with Gasteiger partial charge in [-0.1, -0.05) is 16.5 Å². The molecule has 2 unspecified atom stereocenters. The van der Waals surface area contributed by atoms with Gasteiger partial charge in [-0.05, 0) is 57.6 Å². The Morgan fingerprint density at radius 1 is 1.02 bits per heavy atom. The molecule has 15 nitrogen and oxygen atoms in total. The molecule has 2 aliphatic heterocycles. The summed E-state index contributed by atoms with van der Waals surface area (Å²) in [6, 6.07) is 6.68. The minimum atomic E-state index is -2.02. The molecular formula is C31H36B3N9O6. The Balaban J connectivity index is 1.17. The number of ether oxygens (including phenoxy) is 2. The van der Waals surface area contributed by atoms with E-state index in [2.05, 4.69) is 41.2 Å². The van der Waals surface area contributed by atoms with Crippen molar-refractivity contribution in [3.05, 3.63) is 35.8 Å². The predicted octanol–water partition coefficient (Wildman–Crippen LogP) is 1.77. The van der Waals surface area contributed by atoms with E-state index in [0.717, 1.165) is 25.9 Å². The summed E-state index contributed by atoms with van der Waals surface area (Å²) in [6.07, 6.45) is 1.32. The Morgan fingerprint density at radius 2 is 1.73 bits per heavy atom. The van der Waals surface area contributed by atoms with Gasteiger partial charge in [-0.15, -0.1) is 10.2 Å². The fraction of sp³-hybridized carbons (Fsp3) is 0.516. The van der Waals surface area contributed by atoms with E-state index in [0.29, 0.717) is 54.3 Å². The highest BCUT2D eigenvalue weighted by Crippen LogP contribution is 2.39. The minimum absolute atomic E-state index is 0.0794. The van der Waals surface area contributed by atoms with Gasteiger partial charge in [-0.2, -0.15) is 4.98 Å². The van der Waals surface area contributed by atoms with Gasteiger partial charge in [-0.25, -0.2) is 4.79 Å². The number of carbonyl (C=O) groups is 3. The second-order valence-electron chi connectivity index (χ2n) is 13.8. The number of aromatic nitrogens is 4. The van der Waals surface area contributed by atoms with Crippen molar-refractivity contribution in [2.75, 3.05) is 43.9 Å². The fourth-order valence-electron chi connectivity index (χ4n) is 6.04. The van der Waals surface area contributed by atoms with Crippen molar-refractivity contribution in [3.8, 4) is 17.2 Å². The fourth-order valence-corrected chi connectivity index (χ4v) is 6.04. The van der Waals surface area contributed by atoms with E-state index >= 15 is 0 Å². The maximum Gasteiger partial charge on any atom is 0.410 e. The summed E-state index contributed by atoms with van der Waals surface area (Å²) >= 11 is 0. The van der Waals surface area contributed by atoms with Gasteiger partial charge >= 0.3 is 6.09 Å². The number of nitrogens with zero attached hydrogens (tertiary/aromatic N) is 6. The molecule has 3 fully saturated rings. The summed E-state index contributed by atoms with van der Waals surface area (Å²) in [6.45, 7) is 8.98. The molecule has 3 aliphatic rings. The minimum Gasteiger partial charge on any atom is -0.494 e. The highest BCUT2D eigenvalue weighted by Gasteiger charge is 2.43. The smallest absolute Gasteiger partial charge is 0.410 e. The molecule has 1 saturated carbocycles. The highest BCUT2D eigenvalue weighted by molar-refractivity contribution is 6.60. The average molecular weight is 663 g/mol. The zero-order valence-corrected chi connectivity index (χ0v) is 27.9. The molecule has 6 radical (unpaired) electrons. The number of anilines is 3. The molecular weight excluding hydrogens is 627 g/mol. The third-order valence-electron chi connectivity index (χ3n) is 8.30. The molecule has 2 aromatic heterocycles. The van der Waals surface area contributed by atoms with Crippen LogP contribution in [0.2, 0.25) is 0 Å². The van der Waals surface area contributed by atoms with Crippen LogP contribution in [0.1, 0.15) is 49.9 Å². The maximum absolute atomic E-state index is 13.0. The van der Waals surface area contributed by atoms with Crippen LogP contribution in [0.5, 0.6) is 5.75 Å². The Bertz CT molecular complexity index is 1730. The van der Waals surface area contributed by atoms with Crippen LogP contribution in [0, 0.1) is 17.8 Å². The van der Waals surface area contributed by atoms with E-state index < -0.39 is 16.7 Å². The summed E-state index contributed by atoms with van der Waals surface area (Å²) in [5.74, 6) is 0.824. The Labute approximate surface area is 287 Å². The van der Waals surface area contributed by atoms with Crippen molar-refractivity contribution < 1.29 is 28.4 Å². The molecule has 1 aliphatic carbocycles. The number of methoxy groups -OCH3 is 1. The van der Waals surface area contributed by atoms with Gasteiger partial charge in [-0.3, -0.25) is 14.5 Å². The molecule has 6 rings (SSSR count). The van der Waals surface area contributed by atoms with E-state index in [1.165, 1.54) is 13.2 Å². The lowest BCUT2D eigenvalue weighted by Gasteiger charge is -2.25. The normalized spacial score (nSPS) is 19.3. The van der Waals surface area contributed by atoms with Crippen molar-refractivity contribution >= 4 is 58.6 Å². The molecule has 18 heteroatoms. The summed E-state index contributed by atoms with van der Waals surface area (Å²) in [4.78, 5) is 46.6. The van der Waals surface area contributed by atoms with Gasteiger partial charge in [0, 0.05) is 38.2 Å². The number of carbonyl (C=O) groups excluding carboxylic acids is 3.